The van der Waals surface area contributed by atoms with Gasteiger partial charge in [0.1, 0.15) is 0 Å². The van der Waals surface area contributed by atoms with E-state index in [9.17, 15) is 9.59 Å². The average molecular weight is 315 g/mol. The molecule has 0 saturated heterocycles. The molecule has 98 valence electrons. The van der Waals surface area contributed by atoms with Gasteiger partial charge in [-0.3, -0.25) is 20.4 Å². The highest BCUT2D eigenvalue weighted by Crippen LogP contribution is 2.20. The molecule has 0 saturated carbocycles. The van der Waals surface area contributed by atoms with Gasteiger partial charge in [-0.1, -0.05) is 29.3 Å². The number of hydrogen-bond donors (Lipinski definition) is 2. The minimum Gasteiger partial charge on any atom is -0.267 e. The van der Waals surface area contributed by atoms with Crippen LogP contribution >= 0.6 is 34.5 Å². The Morgan fingerprint density at radius 2 is 1.79 bits per heavy atom. The summed E-state index contributed by atoms with van der Waals surface area (Å²) in [5, 5.41) is 2.41. The molecule has 0 unspecified atom stereocenters. The highest BCUT2D eigenvalue weighted by Gasteiger charge is 2.12. The van der Waals surface area contributed by atoms with Crippen LogP contribution < -0.4 is 10.9 Å². The zero-order chi connectivity index (χ0) is 13.8. The fourth-order valence-electron chi connectivity index (χ4n) is 1.32. The number of amides is 2. The van der Waals surface area contributed by atoms with Gasteiger partial charge in [0.2, 0.25) is 0 Å². The van der Waals surface area contributed by atoms with Gasteiger partial charge < -0.3 is 0 Å². The quantitative estimate of drug-likeness (QED) is 0.837. The molecule has 0 fully saturated rings. The molecule has 4 nitrogen and oxygen atoms in total. The van der Waals surface area contributed by atoms with Crippen molar-refractivity contribution in [2.45, 2.75) is 0 Å². The van der Waals surface area contributed by atoms with E-state index in [4.69, 9.17) is 23.2 Å². The van der Waals surface area contributed by atoms with Gasteiger partial charge in [0.15, 0.2) is 0 Å². The molecular weight excluding hydrogens is 307 g/mol. The van der Waals surface area contributed by atoms with Gasteiger partial charge >= 0.3 is 0 Å². The lowest BCUT2D eigenvalue weighted by molar-refractivity contribution is 0.0849. The van der Waals surface area contributed by atoms with Gasteiger partial charge in [-0.05, 0) is 29.6 Å². The molecule has 0 aliphatic carbocycles. The van der Waals surface area contributed by atoms with E-state index in [0.29, 0.717) is 9.90 Å². The third-order valence-electron chi connectivity index (χ3n) is 2.21. The van der Waals surface area contributed by atoms with Gasteiger partial charge in [-0.15, -0.1) is 11.3 Å². The largest absolute Gasteiger partial charge is 0.279 e. The van der Waals surface area contributed by atoms with Gasteiger partial charge in [0.05, 0.1) is 15.5 Å². The molecule has 2 aromatic rings. The Hall–Kier alpha value is -1.56. The number of rotatable bonds is 2. The van der Waals surface area contributed by atoms with E-state index in [-0.39, 0.29) is 16.5 Å². The minimum atomic E-state index is -0.530. The van der Waals surface area contributed by atoms with E-state index in [1.807, 2.05) is 0 Å². The summed E-state index contributed by atoms with van der Waals surface area (Å²) in [6.07, 6.45) is 0. The second-order valence-electron chi connectivity index (χ2n) is 3.51. The van der Waals surface area contributed by atoms with Crippen LogP contribution in [0.3, 0.4) is 0 Å². The van der Waals surface area contributed by atoms with Crippen LogP contribution in [0.25, 0.3) is 0 Å². The average Bonchev–Trinajstić information content (AvgIpc) is 2.92. The zero-order valence-electron chi connectivity index (χ0n) is 9.44. The van der Waals surface area contributed by atoms with E-state index < -0.39 is 5.91 Å². The summed E-state index contributed by atoms with van der Waals surface area (Å²) in [7, 11) is 0. The van der Waals surface area contributed by atoms with E-state index in [0.717, 1.165) is 0 Å². The maximum absolute atomic E-state index is 11.8. The highest BCUT2D eigenvalue weighted by molar-refractivity contribution is 7.12. The number of carbonyl (C=O) groups is 2. The van der Waals surface area contributed by atoms with Crippen LogP contribution in [0.1, 0.15) is 20.0 Å². The highest BCUT2D eigenvalue weighted by atomic mass is 35.5. The molecule has 0 aliphatic rings. The van der Waals surface area contributed by atoms with Crippen LogP contribution in [-0.2, 0) is 0 Å². The summed E-state index contributed by atoms with van der Waals surface area (Å²) in [5.74, 6) is -0.918. The first-order valence-corrected chi connectivity index (χ1v) is 6.80. The Morgan fingerprint density at radius 3 is 2.47 bits per heavy atom. The predicted octanol–water partition coefficient (Wildman–Crippen LogP) is 3.13. The molecule has 0 radical (unpaired) electrons. The fraction of sp³-hybridized carbons (Fsp3) is 0. The third-order valence-corrected chi connectivity index (χ3v) is 3.64. The summed E-state index contributed by atoms with van der Waals surface area (Å²) >= 11 is 12.9. The summed E-state index contributed by atoms with van der Waals surface area (Å²) in [5.41, 5.74) is 4.78. The van der Waals surface area contributed by atoms with Crippen molar-refractivity contribution in [3.8, 4) is 0 Å². The van der Waals surface area contributed by atoms with Crippen molar-refractivity contribution in [1.82, 2.24) is 10.9 Å². The standard InChI is InChI=1S/C12H8Cl2N2O2S/c13-7-3-4-9(14)8(6-7)11(17)15-16-12(18)10-2-1-5-19-10/h1-6H,(H,15,17)(H,16,18). The second-order valence-corrected chi connectivity index (χ2v) is 5.30. The smallest absolute Gasteiger partial charge is 0.267 e. The monoisotopic (exact) mass is 314 g/mol. The first-order valence-electron chi connectivity index (χ1n) is 5.17. The van der Waals surface area contributed by atoms with E-state index in [2.05, 4.69) is 10.9 Å². The van der Waals surface area contributed by atoms with Crippen molar-refractivity contribution in [2.75, 3.05) is 0 Å². The maximum Gasteiger partial charge on any atom is 0.279 e. The van der Waals surface area contributed by atoms with Gasteiger partial charge in [0, 0.05) is 5.02 Å². The SMILES string of the molecule is O=C(NNC(=O)c1cc(Cl)ccc1Cl)c1cccs1. The molecule has 2 rings (SSSR count). The Balaban J connectivity index is 2.02. The molecule has 1 heterocycles. The molecule has 0 aliphatic heterocycles. The van der Waals surface area contributed by atoms with Gasteiger partial charge in [0.25, 0.3) is 11.8 Å². The van der Waals surface area contributed by atoms with Crippen LogP contribution in [0.5, 0.6) is 0 Å². The molecule has 0 spiro atoms. The van der Waals surface area contributed by atoms with Crippen molar-refractivity contribution >= 4 is 46.4 Å². The van der Waals surface area contributed by atoms with Crippen molar-refractivity contribution in [2.24, 2.45) is 0 Å². The Bertz CT molecular complexity index is 614. The van der Waals surface area contributed by atoms with Crippen LogP contribution in [0.15, 0.2) is 35.7 Å². The number of carbonyl (C=O) groups excluding carboxylic acids is 2. The number of benzene rings is 1. The van der Waals surface area contributed by atoms with E-state index >= 15 is 0 Å². The number of hydrogen-bond acceptors (Lipinski definition) is 3. The number of nitrogens with one attached hydrogen (secondary N) is 2. The summed E-state index contributed by atoms with van der Waals surface area (Å²) < 4.78 is 0. The fourth-order valence-corrected chi connectivity index (χ4v) is 2.32. The topological polar surface area (TPSA) is 58.2 Å². The molecule has 7 heteroatoms. The second kappa shape index (κ2) is 6.06. The normalized spacial score (nSPS) is 10.0. The lowest BCUT2D eigenvalue weighted by Gasteiger charge is -2.07. The van der Waals surface area contributed by atoms with Crippen LogP contribution in [0, 0.1) is 0 Å². The van der Waals surface area contributed by atoms with Crippen molar-refractivity contribution in [3.63, 3.8) is 0 Å². The van der Waals surface area contributed by atoms with Crippen LogP contribution in [0.4, 0.5) is 0 Å². The Kier molecular flexibility index (Phi) is 4.42. The van der Waals surface area contributed by atoms with Gasteiger partial charge in [-0.25, -0.2) is 0 Å². The molecule has 2 N–H and O–H groups in total. The third kappa shape index (κ3) is 3.47. The van der Waals surface area contributed by atoms with E-state index in [1.54, 1.807) is 23.6 Å². The maximum atomic E-state index is 11.8. The molecule has 0 atom stereocenters. The first kappa shape index (κ1) is 13.9. The molecule has 2 amide bonds. The Morgan fingerprint density at radius 1 is 1.05 bits per heavy atom. The predicted molar refractivity (Wildman–Crippen MR) is 75.7 cm³/mol. The van der Waals surface area contributed by atoms with Crippen LogP contribution in [0.2, 0.25) is 10.0 Å². The minimum absolute atomic E-state index is 0.195. The summed E-state index contributed by atoms with van der Waals surface area (Å²) in [6.45, 7) is 0. The molecule has 0 bridgehead atoms. The lowest BCUT2D eigenvalue weighted by atomic mass is 10.2. The van der Waals surface area contributed by atoms with Crippen LogP contribution in [-0.4, -0.2) is 11.8 Å². The first-order chi connectivity index (χ1) is 9.08. The van der Waals surface area contributed by atoms with Crippen molar-refractivity contribution < 1.29 is 9.59 Å². The summed E-state index contributed by atoms with van der Waals surface area (Å²) in [4.78, 5) is 23.9. The van der Waals surface area contributed by atoms with Crippen molar-refractivity contribution in [1.29, 1.82) is 0 Å². The number of thiophene rings is 1. The Labute approximate surface area is 123 Å². The van der Waals surface area contributed by atoms with Crippen molar-refractivity contribution in [3.05, 3.63) is 56.2 Å². The summed E-state index contributed by atoms with van der Waals surface area (Å²) in [6, 6.07) is 7.91. The zero-order valence-corrected chi connectivity index (χ0v) is 11.8. The molecule has 19 heavy (non-hydrogen) atoms. The van der Waals surface area contributed by atoms with Gasteiger partial charge in [-0.2, -0.15) is 0 Å². The number of halogens is 2. The molecule has 1 aromatic carbocycles. The number of hydrazine groups is 1. The lowest BCUT2D eigenvalue weighted by Crippen LogP contribution is -2.41. The molecule has 1 aromatic heterocycles. The van der Waals surface area contributed by atoms with E-state index in [1.165, 1.54) is 23.5 Å². The molecular formula is C12H8Cl2N2O2S.